The van der Waals surface area contributed by atoms with E-state index in [4.69, 9.17) is 16.3 Å². The van der Waals surface area contributed by atoms with Gasteiger partial charge in [0.2, 0.25) is 0 Å². The number of hydrogen-bond donors (Lipinski definition) is 0. The predicted octanol–water partition coefficient (Wildman–Crippen LogP) is 3.34. The summed E-state index contributed by atoms with van der Waals surface area (Å²) in [6.45, 7) is 3.82. The molecule has 0 heterocycles. The van der Waals surface area contributed by atoms with Gasteiger partial charge in [-0.25, -0.2) is 0 Å². The van der Waals surface area contributed by atoms with E-state index in [0.717, 1.165) is 24.0 Å². The molecule has 1 aliphatic carbocycles. The SMILES string of the molecule is C=C(Cl)COc1ccc2c(c1)C(=O)CCC2. The number of hydrogen-bond acceptors (Lipinski definition) is 2. The van der Waals surface area contributed by atoms with Crippen molar-refractivity contribution < 1.29 is 9.53 Å². The molecule has 1 aromatic carbocycles. The summed E-state index contributed by atoms with van der Waals surface area (Å²) < 4.78 is 5.40. The van der Waals surface area contributed by atoms with Crippen LogP contribution in [0.25, 0.3) is 0 Å². The molecular formula is C13H13ClO2. The second-order valence-electron chi connectivity index (χ2n) is 3.90. The molecule has 1 aromatic rings. The van der Waals surface area contributed by atoms with Crippen molar-refractivity contribution in [1.82, 2.24) is 0 Å². The standard InChI is InChI=1S/C13H13ClO2/c1-9(14)8-16-11-6-5-10-3-2-4-13(15)12(10)7-11/h5-7H,1-4,8H2. The van der Waals surface area contributed by atoms with E-state index in [1.54, 1.807) is 6.07 Å². The fourth-order valence-corrected chi connectivity index (χ4v) is 1.91. The van der Waals surface area contributed by atoms with Crippen LogP contribution in [0.5, 0.6) is 5.75 Å². The van der Waals surface area contributed by atoms with Crippen molar-refractivity contribution in [3.63, 3.8) is 0 Å². The Morgan fingerprint density at radius 3 is 3.00 bits per heavy atom. The van der Waals surface area contributed by atoms with Gasteiger partial charge < -0.3 is 4.74 Å². The van der Waals surface area contributed by atoms with Gasteiger partial charge in [0.1, 0.15) is 12.4 Å². The average Bonchev–Trinajstić information content (AvgIpc) is 2.27. The Kier molecular flexibility index (Phi) is 3.30. The number of ketones is 1. The zero-order valence-corrected chi connectivity index (χ0v) is 9.72. The second kappa shape index (κ2) is 4.71. The molecule has 0 amide bonds. The summed E-state index contributed by atoms with van der Waals surface area (Å²) in [5.74, 6) is 0.882. The Morgan fingerprint density at radius 1 is 1.44 bits per heavy atom. The number of rotatable bonds is 3. The largest absolute Gasteiger partial charge is 0.488 e. The molecule has 16 heavy (non-hydrogen) atoms. The highest BCUT2D eigenvalue weighted by atomic mass is 35.5. The van der Waals surface area contributed by atoms with Crippen LogP contribution in [0.15, 0.2) is 29.8 Å². The van der Waals surface area contributed by atoms with E-state index >= 15 is 0 Å². The Balaban J connectivity index is 2.20. The molecule has 0 fully saturated rings. The third-order valence-corrected chi connectivity index (χ3v) is 2.74. The van der Waals surface area contributed by atoms with Gasteiger partial charge in [0.15, 0.2) is 5.78 Å². The number of fused-ring (bicyclic) bond motifs is 1. The minimum Gasteiger partial charge on any atom is -0.488 e. The van der Waals surface area contributed by atoms with Crippen molar-refractivity contribution in [3.05, 3.63) is 40.9 Å². The molecule has 1 aliphatic rings. The molecule has 2 rings (SSSR count). The highest BCUT2D eigenvalue weighted by Gasteiger charge is 2.17. The van der Waals surface area contributed by atoms with Crippen LogP contribution in [0, 0.1) is 0 Å². The topological polar surface area (TPSA) is 26.3 Å². The highest BCUT2D eigenvalue weighted by Crippen LogP contribution is 2.25. The molecule has 0 bridgehead atoms. The van der Waals surface area contributed by atoms with Crippen molar-refractivity contribution in [2.45, 2.75) is 19.3 Å². The Labute approximate surface area is 99.9 Å². The Hall–Kier alpha value is -1.28. The molecular weight excluding hydrogens is 224 g/mol. The quantitative estimate of drug-likeness (QED) is 0.805. The van der Waals surface area contributed by atoms with Crippen LogP contribution in [-0.4, -0.2) is 12.4 Å². The van der Waals surface area contributed by atoms with E-state index in [0.29, 0.717) is 17.2 Å². The van der Waals surface area contributed by atoms with Gasteiger partial charge in [0.05, 0.1) is 0 Å². The number of Topliss-reactive ketones (excluding diaryl/α,β-unsaturated/α-hetero) is 1. The average molecular weight is 237 g/mol. The number of benzene rings is 1. The summed E-state index contributed by atoms with van der Waals surface area (Å²) in [4.78, 5) is 11.7. The van der Waals surface area contributed by atoms with Crippen molar-refractivity contribution >= 4 is 17.4 Å². The summed E-state index contributed by atoms with van der Waals surface area (Å²) in [7, 11) is 0. The molecule has 3 heteroatoms. The molecule has 0 N–H and O–H groups in total. The van der Waals surface area contributed by atoms with Crippen molar-refractivity contribution in [2.24, 2.45) is 0 Å². The van der Waals surface area contributed by atoms with E-state index < -0.39 is 0 Å². The number of halogens is 1. The van der Waals surface area contributed by atoms with E-state index in [1.807, 2.05) is 12.1 Å². The molecule has 0 atom stereocenters. The van der Waals surface area contributed by atoms with Gasteiger partial charge in [0.25, 0.3) is 0 Å². The first kappa shape index (κ1) is 11.2. The normalized spacial score (nSPS) is 14.4. The fraction of sp³-hybridized carbons (Fsp3) is 0.308. The first-order valence-corrected chi connectivity index (χ1v) is 5.67. The number of aryl methyl sites for hydroxylation is 1. The summed E-state index contributed by atoms with van der Waals surface area (Å²) in [5.41, 5.74) is 1.91. The van der Waals surface area contributed by atoms with Crippen LogP contribution in [0.1, 0.15) is 28.8 Å². The van der Waals surface area contributed by atoms with Gasteiger partial charge in [-0.3, -0.25) is 4.79 Å². The second-order valence-corrected chi connectivity index (χ2v) is 4.44. The number of carbonyl (C=O) groups is 1. The molecule has 0 aromatic heterocycles. The zero-order chi connectivity index (χ0) is 11.5. The minimum atomic E-state index is 0.205. The number of ether oxygens (including phenoxy) is 1. The smallest absolute Gasteiger partial charge is 0.163 e. The summed E-state index contributed by atoms with van der Waals surface area (Å²) in [6.07, 6.45) is 2.56. The van der Waals surface area contributed by atoms with Crippen LogP contribution >= 0.6 is 11.6 Å². The van der Waals surface area contributed by atoms with Crippen molar-refractivity contribution in [3.8, 4) is 5.75 Å². The lowest BCUT2D eigenvalue weighted by atomic mass is 9.90. The van der Waals surface area contributed by atoms with Gasteiger partial charge in [-0.1, -0.05) is 24.2 Å². The minimum absolute atomic E-state index is 0.205. The zero-order valence-electron chi connectivity index (χ0n) is 8.96. The number of carbonyl (C=O) groups excluding carboxylic acids is 1. The first-order chi connectivity index (χ1) is 7.66. The third-order valence-electron chi connectivity index (χ3n) is 2.63. The van der Waals surface area contributed by atoms with Gasteiger partial charge in [-0.2, -0.15) is 0 Å². The van der Waals surface area contributed by atoms with Gasteiger partial charge in [-0.15, -0.1) is 0 Å². The molecule has 0 unspecified atom stereocenters. The van der Waals surface area contributed by atoms with Crippen LogP contribution in [0.2, 0.25) is 0 Å². The molecule has 0 aliphatic heterocycles. The van der Waals surface area contributed by atoms with Gasteiger partial charge >= 0.3 is 0 Å². The molecule has 0 spiro atoms. The van der Waals surface area contributed by atoms with Crippen LogP contribution in [0.3, 0.4) is 0 Å². The Morgan fingerprint density at radius 2 is 2.25 bits per heavy atom. The fourth-order valence-electron chi connectivity index (χ4n) is 1.86. The molecule has 0 radical (unpaired) electrons. The third kappa shape index (κ3) is 2.45. The summed E-state index contributed by atoms with van der Waals surface area (Å²) in [6, 6.07) is 5.63. The molecule has 0 saturated heterocycles. The maximum atomic E-state index is 11.7. The van der Waals surface area contributed by atoms with Crippen LogP contribution in [0.4, 0.5) is 0 Å². The van der Waals surface area contributed by atoms with E-state index in [-0.39, 0.29) is 12.4 Å². The summed E-state index contributed by atoms with van der Waals surface area (Å²) >= 11 is 5.61. The molecule has 84 valence electrons. The van der Waals surface area contributed by atoms with Crippen molar-refractivity contribution in [1.29, 1.82) is 0 Å². The molecule has 0 saturated carbocycles. The Bertz CT molecular complexity index is 438. The maximum absolute atomic E-state index is 11.7. The lowest BCUT2D eigenvalue weighted by molar-refractivity contribution is 0.0972. The lowest BCUT2D eigenvalue weighted by Crippen LogP contribution is -2.11. The van der Waals surface area contributed by atoms with Crippen LogP contribution < -0.4 is 4.74 Å². The summed E-state index contributed by atoms with van der Waals surface area (Å²) in [5, 5.41) is 0.448. The highest BCUT2D eigenvalue weighted by molar-refractivity contribution is 6.29. The predicted molar refractivity (Wildman–Crippen MR) is 64.2 cm³/mol. The van der Waals surface area contributed by atoms with Crippen molar-refractivity contribution in [2.75, 3.05) is 6.61 Å². The van der Waals surface area contributed by atoms with E-state index in [2.05, 4.69) is 6.58 Å². The van der Waals surface area contributed by atoms with Crippen LogP contribution in [-0.2, 0) is 6.42 Å². The monoisotopic (exact) mass is 236 g/mol. The van der Waals surface area contributed by atoms with Gasteiger partial charge in [-0.05, 0) is 30.5 Å². The van der Waals surface area contributed by atoms with Gasteiger partial charge in [0, 0.05) is 17.0 Å². The lowest BCUT2D eigenvalue weighted by Gasteiger charge is -2.15. The molecule has 2 nitrogen and oxygen atoms in total. The maximum Gasteiger partial charge on any atom is 0.163 e. The van der Waals surface area contributed by atoms with E-state index in [1.165, 1.54) is 0 Å². The van der Waals surface area contributed by atoms with E-state index in [9.17, 15) is 4.79 Å². The first-order valence-electron chi connectivity index (χ1n) is 5.29.